The molecular formula is C28H40N4O4S. The molecule has 3 heterocycles. The Labute approximate surface area is 224 Å². The van der Waals surface area contributed by atoms with Crippen molar-refractivity contribution < 1.29 is 19.1 Å². The number of hydrogen-bond donors (Lipinski definition) is 1. The Morgan fingerprint density at radius 2 is 1.81 bits per heavy atom. The van der Waals surface area contributed by atoms with Crippen molar-refractivity contribution in [2.24, 2.45) is 5.92 Å². The third-order valence-corrected chi connectivity index (χ3v) is 9.46. The highest BCUT2D eigenvalue weighted by molar-refractivity contribution is 7.99. The van der Waals surface area contributed by atoms with E-state index in [0.717, 1.165) is 37.9 Å². The number of piperazine rings is 1. The van der Waals surface area contributed by atoms with Gasteiger partial charge in [-0.15, -0.1) is 0 Å². The monoisotopic (exact) mass is 528 g/mol. The predicted molar refractivity (Wildman–Crippen MR) is 146 cm³/mol. The molecule has 37 heavy (non-hydrogen) atoms. The fourth-order valence-corrected chi connectivity index (χ4v) is 6.91. The van der Waals surface area contributed by atoms with Crippen LogP contribution in [0.2, 0.25) is 0 Å². The highest BCUT2D eigenvalue weighted by Gasteiger charge is 2.53. The summed E-state index contributed by atoms with van der Waals surface area (Å²) in [5, 5.41) is 3.06. The standard InChI is InChI=1S/C28H40N4O4S/c1-18(2)15-22(28(35)32-16-24(37-3)26-25(32)23(33)17-36-26)29-27(34)19-7-9-21(10-8-19)31-13-11-30(12-14-31)20-5-4-6-20/h7-10,18,20,22,24-26H,4-6,11-17H2,1-3H3,(H,29,34)/t22?,24-,25+,26+/m0/s1. The van der Waals surface area contributed by atoms with Gasteiger partial charge in [0.1, 0.15) is 18.7 Å². The number of benzene rings is 1. The van der Waals surface area contributed by atoms with Gasteiger partial charge in [0.15, 0.2) is 5.78 Å². The molecule has 202 valence electrons. The molecule has 5 rings (SSSR count). The molecule has 1 aromatic carbocycles. The summed E-state index contributed by atoms with van der Waals surface area (Å²) < 4.78 is 5.71. The number of likely N-dealkylation sites (tertiary alicyclic amines) is 1. The van der Waals surface area contributed by atoms with Gasteiger partial charge < -0.3 is 19.9 Å². The number of Topliss-reactive ketones (excluding diaryl/α,β-unsaturated/α-hetero) is 1. The molecule has 0 spiro atoms. The van der Waals surface area contributed by atoms with Crippen molar-refractivity contribution in [2.45, 2.75) is 69.0 Å². The first-order valence-corrected chi connectivity index (χ1v) is 15.0. The lowest BCUT2D eigenvalue weighted by Gasteiger charge is -2.43. The molecule has 3 saturated heterocycles. The summed E-state index contributed by atoms with van der Waals surface area (Å²) in [7, 11) is 0. The molecule has 4 fully saturated rings. The summed E-state index contributed by atoms with van der Waals surface area (Å²) in [6, 6.07) is 7.29. The van der Waals surface area contributed by atoms with Gasteiger partial charge in [-0.2, -0.15) is 11.8 Å². The summed E-state index contributed by atoms with van der Waals surface area (Å²) in [5.74, 6) is -0.283. The lowest BCUT2D eigenvalue weighted by Crippen LogP contribution is -2.52. The van der Waals surface area contributed by atoms with E-state index in [1.807, 2.05) is 44.4 Å². The second-order valence-electron chi connectivity index (χ2n) is 11.3. The number of hydrogen-bond acceptors (Lipinski definition) is 7. The zero-order chi connectivity index (χ0) is 26.1. The van der Waals surface area contributed by atoms with Crippen LogP contribution in [-0.4, -0.2) is 102 Å². The van der Waals surface area contributed by atoms with Crippen molar-refractivity contribution in [3.8, 4) is 0 Å². The second-order valence-corrected chi connectivity index (χ2v) is 12.3. The third kappa shape index (κ3) is 5.54. The fourth-order valence-electron chi connectivity index (χ4n) is 6.10. The minimum atomic E-state index is -0.679. The maximum Gasteiger partial charge on any atom is 0.251 e. The number of rotatable bonds is 8. The zero-order valence-electron chi connectivity index (χ0n) is 22.2. The largest absolute Gasteiger partial charge is 0.369 e. The van der Waals surface area contributed by atoms with Crippen LogP contribution in [0.1, 0.15) is 49.9 Å². The molecule has 1 aliphatic carbocycles. The summed E-state index contributed by atoms with van der Waals surface area (Å²) in [5.41, 5.74) is 1.67. The zero-order valence-corrected chi connectivity index (χ0v) is 23.0. The number of anilines is 1. The van der Waals surface area contributed by atoms with Gasteiger partial charge >= 0.3 is 0 Å². The van der Waals surface area contributed by atoms with Gasteiger partial charge in [-0.05, 0) is 55.7 Å². The normalized spacial score (nSPS) is 27.4. The Morgan fingerprint density at radius 3 is 2.41 bits per heavy atom. The fraction of sp³-hybridized carbons (Fsp3) is 0.679. The molecule has 1 aromatic rings. The molecule has 0 bridgehead atoms. The van der Waals surface area contributed by atoms with Gasteiger partial charge in [0, 0.05) is 50.0 Å². The first kappa shape index (κ1) is 26.5. The molecule has 9 heteroatoms. The molecule has 1 N–H and O–H groups in total. The van der Waals surface area contributed by atoms with E-state index in [0.29, 0.717) is 18.5 Å². The number of nitrogens with one attached hydrogen (secondary N) is 1. The van der Waals surface area contributed by atoms with Gasteiger partial charge in [-0.1, -0.05) is 20.3 Å². The Kier molecular flexibility index (Phi) is 8.12. The number of fused-ring (bicyclic) bond motifs is 1. The molecule has 4 atom stereocenters. The average Bonchev–Trinajstić information content (AvgIpc) is 3.43. The van der Waals surface area contributed by atoms with Crippen LogP contribution in [-0.2, 0) is 14.3 Å². The van der Waals surface area contributed by atoms with Crippen LogP contribution in [0.15, 0.2) is 24.3 Å². The molecule has 0 radical (unpaired) electrons. The van der Waals surface area contributed by atoms with E-state index in [1.54, 1.807) is 16.7 Å². The second kappa shape index (κ2) is 11.3. The van der Waals surface area contributed by atoms with Crippen LogP contribution in [0.4, 0.5) is 5.69 Å². The Bertz CT molecular complexity index is 990. The van der Waals surface area contributed by atoms with Crippen molar-refractivity contribution in [1.82, 2.24) is 15.1 Å². The summed E-state index contributed by atoms with van der Waals surface area (Å²) in [6.45, 7) is 8.79. The topological polar surface area (TPSA) is 82.2 Å². The molecule has 1 saturated carbocycles. The number of carbonyl (C=O) groups excluding carboxylic acids is 3. The van der Waals surface area contributed by atoms with Crippen LogP contribution < -0.4 is 10.2 Å². The predicted octanol–water partition coefficient (Wildman–Crippen LogP) is 2.42. The quantitative estimate of drug-likeness (QED) is 0.555. The molecule has 4 aliphatic rings. The van der Waals surface area contributed by atoms with E-state index in [1.165, 1.54) is 19.3 Å². The molecule has 8 nitrogen and oxygen atoms in total. The van der Waals surface area contributed by atoms with Gasteiger partial charge in [-0.25, -0.2) is 0 Å². The van der Waals surface area contributed by atoms with E-state index >= 15 is 0 Å². The smallest absolute Gasteiger partial charge is 0.251 e. The van der Waals surface area contributed by atoms with Crippen molar-refractivity contribution in [3.63, 3.8) is 0 Å². The van der Waals surface area contributed by atoms with Crippen molar-refractivity contribution >= 4 is 35.0 Å². The number of ketones is 1. The molecule has 1 unspecified atom stereocenters. The minimum Gasteiger partial charge on any atom is -0.369 e. The lowest BCUT2D eigenvalue weighted by molar-refractivity contribution is -0.138. The van der Waals surface area contributed by atoms with Crippen molar-refractivity contribution in [3.05, 3.63) is 29.8 Å². The van der Waals surface area contributed by atoms with Crippen molar-refractivity contribution in [2.75, 3.05) is 50.5 Å². The summed E-state index contributed by atoms with van der Waals surface area (Å²) >= 11 is 1.62. The number of amides is 2. The Balaban J connectivity index is 1.22. The third-order valence-electron chi connectivity index (χ3n) is 8.43. The van der Waals surface area contributed by atoms with E-state index in [-0.39, 0.29) is 41.5 Å². The van der Waals surface area contributed by atoms with Gasteiger partial charge in [0.2, 0.25) is 5.91 Å². The highest BCUT2D eigenvalue weighted by Crippen LogP contribution is 2.34. The van der Waals surface area contributed by atoms with Crippen LogP contribution in [0.5, 0.6) is 0 Å². The Morgan fingerprint density at radius 1 is 1.11 bits per heavy atom. The average molecular weight is 529 g/mol. The molecule has 2 amide bonds. The molecule has 3 aliphatic heterocycles. The van der Waals surface area contributed by atoms with E-state index in [9.17, 15) is 14.4 Å². The minimum absolute atomic E-state index is 0.0476. The molecular weight excluding hydrogens is 488 g/mol. The number of ether oxygens (including phenoxy) is 1. The van der Waals surface area contributed by atoms with Crippen LogP contribution in [0, 0.1) is 5.92 Å². The van der Waals surface area contributed by atoms with Crippen LogP contribution >= 0.6 is 11.8 Å². The summed E-state index contributed by atoms with van der Waals surface area (Å²) in [4.78, 5) is 46.0. The number of nitrogens with zero attached hydrogens (tertiary/aromatic N) is 3. The number of carbonyl (C=O) groups is 3. The van der Waals surface area contributed by atoms with E-state index in [4.69, 9.17) is 4.74 Å². The van der Waals surface area contributed by atoms with Gasteiger partial charge in [0.05, 0.1) is 11.4 Å². The van der Waals surface area contributed by atoms with E-state index < -0.39 is 12.1 Å². The highest BCUT2D eigenvalue weighted by atomic mass is 32.2. The number of thioether (sulfide) groups is 1. The van der Waals surface area contributed by atoms with Gasteiger partial charge in [0.25, 0.3) is 5.91 Å². The van der Waals surface area contributed by atoms with Crippen molar-refractivity contribution in [1.29, 1.82) is 0 Å². The maximum absolute atomic E-state index is 13.6. The van der Waals surface area contributed by atoms with E-state index in [2.05, 4.69) is 15.1 Å². The molecule has 0 aromatic heterocycles. The van der Waals surface area contributed by atoms with Crippen LogP contribution in [0.25, 0.3) is 0 Å². The van der Waals surface area contributed by atoms with Gasteiger partial charge in [-0.3, -0.25) is 19.3 Å². The lowest BCUT2D eigenvalue weighted by atomic mass is 9.91. The summed E-state index contributed by atoms with van der Waals surface area (Å²) in [6.07, 6.45) is 6.28. The maximum atomic E-state index is 13.6. The first-order valence-electron chi connectivity index (χ1n) is 13.7. The Hall–Kier alpha value is -2.10. The first-order chi connectivity index (χ1) is 17.9. The SMILES string of the molecule is CS[C@H]1CN(C(=O)C(CC(C)C)NC(=O)c2ccc(N3CCN(C4CCC4)CC3)cc2)[C@@H]2C(=O)CO[C@H]12. The van der Waals surface area contributed by atoms with Crippen LogP contribution in [0.3, 0.4) is 0 Å².